The maximum absolute atomic E-state index is 13.6. The van der Waals surface area contributed by atoms with Crippen LogP contribution in [0.15, 0.2) is 115 Å². The largest absolute Gasteiger partial charge is 0.463 e. The van der Waals surface area contributed by atoms with E-state index in [9.17, 15) is 24.3 Å². The first-order valence-electron chi connectivity index (χ1n) is 16.3. The predicted molar refractivity (Wildman–Crippen MR) is 185 cm³/mol. The molecule has 1 aliphatic heterocycles. The van der Waals surface area contributed by atoms with Crippen LogP contribution in [-0.4, -0.2) is 54.1 Å². The van der Waals surface area contributed by atoms with Gasteiger partial charge in [0.05, 0.1) is 24.5 Å². The number of anilines is 1. The molecule has 1 heterocycles. The number of carbonyl (C=O) groups excluding carboxylic acids is 4. The molecular weight excluding hydrogens is 606 g/mol. The summed E-state index contributed by atoms with van der Waals surface area (Å²) >= 11 is 0. The molecule has 0 radical (unpaired) electrons. The molecule has 48 heavy (non-hydrogen) atoms. The molecule has 4 aromatic carbocycles. The lowest BCUT2D eigenvalue weighted by atomic mass is 9.94. The number of ether oxygens (including phenoxy) is 1. The lowest BCUT2D eigenvalue weighted by Crippen LogP contribution is -2.50. The van der Waals surface area contributed by atoms with Crippen molar-refractivity contribution in [2.45, 2.75) is 44.2 Å². The molecule has 0 aliphatic carbocycles. The van der Waals surface area contributed by atoms with Crippen molar-refractivity contribution in [2.24, 2.45) is 11.8 Å². The number of aliphatic hydroxyl groups is 1. The summed E-state index contributed by atoms with van der Waals surface area (Å²) in [7, 11) is 0. The van der Waals surface area contributed by atoms with E-state index in [4.69, 9.17) is 4.74 Å². The molecule has 4 N–H and O–H groups in total. The van der Waals surface area contributed by atoms with Gasteiger partial charge < -0.3 is 25.8 Å². The minimum absolute atomic E-state index is 0.159. The molecule has 4 atom stereocenters. The number of amides is 3. The van der Waals surface area contributed by atoms with Crippen LogP contribution in [-0.2, 0) is 36.8 Å². The molecule has 0 unspecified atom stereocenters. The molecule has 0 saturated carbocycles. The van der Waals surface area contributed by atoms with Crippen LogP contribution in [0.4, 0.5) is 5.69 Å². The fraction of sp³-hybridized carbons (Fsp3) is 0.282. The second-order valence-electron chi connectivity index (χ2n) is 12.1. The zero-order chi connectivity index (χ0) is 33.7. The van der Waals surface area contributed by atoms with E-state index < -0.39 is 47.6 Å². The average Bonchev–Trinajstić information content (AvgIpc) is 3.10. The van der Waals surface area contributed by atoms with Crippen molar-refractivity contribution < 1.29 is 29.0 Å². The molecule has 0 bridgehead atoms. The Bertz CT molecular complexity index is 1730. The highest BCUT2D eigenvalue weighted by Crippen LogP contribution is 2.21. The van der Waals surface area contributed by atoms with Crippen molar-refractivity contribution in [3.63, 3.8) is 0 Å². The summed E-state index contributed by atoms with van der Waals surface area (Å²) in [4.78, 5) is 53.7. The first-order valence-corrected chi connectivity index (χ1v) is 16.3. The van der Waals surface area contributed by atoms with Crippen LogP contribution in [0.2, 0.25) is 0 Å². The summed E-state index contributed by atoms with van der Waals surface area (Å²) in [5.41, 5.74) is 2.46. The van der Waals surface area contributed by atoms with E-state index in [1.54, 1.807) is 12.1 Å². The van der Waals surface area contributed by atoms with Gasteiger partial charge in [0.1, 0.15) is 12.6 Å². The Labute approximate surface area is 280 Å². The number of aliphatic hydroxyl groups excluding tert-OH is 1. The van der Waals surface area contributed by atoms with Crippen molar-refractivity contribution in [1.29, 1.82) is 0 Å². The zero-order valence-electron chi connectivity index (χ0n) is 26.7. The Balaban J connectivity index is 1.33. The van der Waals surface area contributed by atoms with Gasteiger partial charge in [0.25, 0.3) is 5.91 Å². The van der Waals surface area contributed by atoms with E-state index in [2.05, 4.69) is 16.0 Å². The van der Waals surface area contributed by atoms with Crippen LogP contribution in [0.3, 0.4) is 0 Å². The lowest BCUT2D eigenvalue weighted by molar-refractivity contribution is -0.150. The third-order valence-corrected chi connectivity index (χ3v) is 8.42. The van der Waals surface area contributed by atoms with Gasteiger partial charge in [0.2, 0.25) is 11.8 Å². The topological polar surface area (TPSA) is 134 Å². The number of benzene rings is 4. The van der Waals surface area contributed by atoms with E-state index in [-0.39, 0.29) is 26.1 Å². The number of fused-ring (bicyclic) bond motifs is 1. The molecule has 9 heteroatoms. The summed E-state index contributed by atoms with van der Waals surface area (Å²) in [6, 6.07) is 30.6. The smallest absolute Gasteiger partial charge is 0.309 e. The third kappa shape index (κ3) is 9.86. The monoisotopic (exact) mass is 647 g/mol. The Morgan fingerprint density at radius 2 is 1.46 bits per heavy atom. The van der Waals surface area contributed by atoms with Gasteiger partial charge >= 0.3 is 5.97 Å². The molecule has 248 valence electrons. The number of allylic oxidation sites excluding steroid dienone is 2. The van der Waals surface area contributed by atoms with E-state index in [0.717, 1.165) is 21.9 Å². The van der Waals surface area contributed by atoms with Crippen molar-refractivity contribution in [1.82, 2.24) is 10.6 Å². The molecule has 0 saturated heterocycles. The highest BCUT2D eigenvalue weighted by atomic mass is 16.5. The minimum Gasteiger partial charge on any atom is -0.463 e. The van der Waals surface area contributed by atoms with Crippen molar-refractivity contribution in [2.75, 3.05) is 18.5 Å². The Kier molecular flexibility index (Phi) is 12.1. The zero-order valence-corrected chi connectivity index (χ0v) is 26.7. The first kappa shape index (κ1) is 34.1. The van der Waals surface area contributed by atoms with Crippen molar-refractivity contribution in [3.8, 4) is 0 Å². The molecular formula is C39H41N3O6. The van der Waals surface area contributed by atoms with Crippen LogP contribution in [0.25, 0.3) is 10.8 Å². The molecule has 1 aliphatic rings. The van der Waals surface area contributed by atoms with Gasteiger partial charge in [0.15, 0.2) is 0 Å². The summed E-state index contributed by atoms with van der Waals surface area (Å²) in [5, 5.41) is 20.3. The second kappa shape index (κ2) is 17.0. The first-order chi connectivity index (χ1) is 23.4. The van der Waals surface area contributed by atoms with Gasteiger partial charge in [-0.15, -0.1) is 0 Å². The standard InChI is InChI=1S/C39H41N3O6/c43-25-34(22-28-13-5-2-6-14-28)40-36(44)24-31-17-9-10-18-32(21-27-11-3-1-4-12-27)39(47)48-26-35(42-37(31)45)38(46)41-33-20-19-29-15-7-8-16-30(29)23-33/h1-16,19-20,23,31-32,34-35,43H,17-18,21-22,24-26H2,(H,40,44)(H,41,46)(H,42,45)/t31-,32-,34-,35+/m1/s1. The number of hydrogen-bond donors (Lipinski definition) is 4. The molecule has 4 aromatic rings. The Morgan fingerprint density at radius 3 is 2.17 bits per heavy atom. The van der Waals surface area contributed by atoms with Crippen LogP contribution < -0.4 is 16.0 Å². The van der Waals surface area contributed by atoms with E-state index >= 15 is 0 Å². The van der Waals surface area contributed by atoms with Crippen LogP contribution >= 0.6 is 0 Å². The number of esters is 1. The van der Waals surface area contributed by atoms with Gasteiger partial charge in [-0.1, -0.05) is 103 Å². The van der Waals surface area contributed by atoms with Crippen LogP contribution in [0.1, 0.15) is 30.4 Å². The van der Waals surface area contributed by atoms with E-state index in [0.29, 0.717) is 24.9 Å². The lowest BCUT2D eigenvalue weighted by Gasteiger charge is -2.24. The van der Waals surface area contributed by atoms with E-state index in [1.165, 1.54) is 0 Å². The SMILES string of the molecule is O=C(C[C@H]1CC=CC[C@H](Cc2ccccc2)C(=O)OC[C@@H](C(=O)Nc2ccc3ccccc3c2)NC1=O)N[C@@H](CO)Cc1ccccc1. The summed E-state index contributed by atoms with van der Waals surface area (Å²) in [5.74, 6) is -3.24. The maximum Gasteiger partial charge on any atom is 0.309 e. The van der Waals surface area contributed by atoms with Crippen molar-refractivity contribution in [3.05, 3.63) is 126 Å². The predicted octanol–water partition coefficient (Wildman–Crippen LogP) is 4.74. The number of hydrogen-bond acceptors (Lipinski definition) is 6. The van der Waals surface area contributed by atoms with Gasteiger partial charge in [-0.2, -0.15) is 0 Å². The highest BCUT2D eigenvalue weighted by molar-refractivity contribution is 5.99. The number of nitrogens with one attached hydrogen (secondary N) is 3. The van der Waals surface area contributed by atoms with Gasteiger partial charge in [-0.3, -0.25) is 19.2 Å². The molecule has 9 nitrogen and oxygen atoms in total. The molecule has 3 amide bonds. The minimum atomic E-state index is -1.21. The number of carbonyl (C=O) groups is 4. The number of rotatable bonds is 10. The van der Waals surface area contributed by atoms with Gasteiger partial charge in [-0.25, -0.2) is 0 Å². The quantitative estimate of drug-likeness (QED) is 0.145. The Morgan fingerprint density at radius 1 is 0.812 bits per heavy atom. The van der Waals surface area contributed by atoms with Gasteiger partial charge in [-0.05, 0) is 59.7 Å². The van der Waals surface area contributed by atoms with Crippen LogP contribution in [0, 0.1) is 11.8 Å². The highest BCUT2D eigenvalue weighted by Gasteiger charge is 2.30. The second-order valence-corrected chi connectivity index (χ2v) is 12.1. The molecule has 0 aromatic heterocycles. The summed E-state index contributed by atoms with van der Waals surface area (Å²) in [6.45, 7) is -0.635. The molecule has 0 spiro atoms. The summed E-state index contributed by atoms with van der Waals surface area (Å²) < 4.78 is 5.67. The Hall–Kier alpha value is -5.28. The average molecular weight is 648 g/mol. The normalized spacial score (nSPS) is 19.2. The number of cyclic esters (lactones) is 1. The molecule has 5 rings (SSSR count). The van der Waals surface area contributed by atoms with Crippen LogP contribution in [0.5, 0.6) is 0 Å². The fourth-order valence-corrected chi connectivity index (χ4v) is 5.79. The van der Waals surface area contributed by atoms with Crippen molar-refractivity contribution >= 4 is 40.2 Å². The third-order valence-electron chi connectivity index (χ3n) is 8.42. The summed E-state index contributed by atoms with van der Waals surface area (Å²) in [6.07, 6.45) is 4.94. The fourth-order valence-electron chi connectivity index (χ4n) is 5.79. The van der Waals surface area contributed by atoms with Gasteiger partial charge in [0, 0.05) is 12.1 Å². The maximum atomic E-state index is 13.6. The molecule has 0 fully saturated rings. The van der Waals surface area contributed by atoms with E-state index in [1.807, 2.05) is 103 Å².